The zero-order chi connectivity index (χ0) is 16.4. The second-order valence-electron chi connectivity index (χ2n) is 7.82. The molecule has 0 spiro atoms. The summed E-state index contributed by atoms with van der Waals surface area (Å²) in [6, 6.07) is -0.0285. The molecule has 2 unspecified atom stereocenters. The maximum Gasteiger partial charge on any atom is 0.404 e. The lowest BCUT2D eigenvalue weighted by Crippen LogP contribution is -2.49. The SMILES string of the molecule is C=C(C)C1C[C@H](O[Si](C)(C)C(C)(C)C)CCC1NC(=O)O. The predicted octanol–water partition coefficient (Wildman–Crippen LogP) is 4.39. The second kappa shape index (κ2) is 6.52. The van der Waals surface area contributed by atoms with E-state index in [2.05, 4.69) is 45.8 Å². The molecule has 1 rings (SSSR count). The molecule has 4 nitrogen and oxygen atoms in total. The van der Waals surface area contributed by atoms with E-state index in [0.29, 0.717) is 0 Å². The number of nitrogens with one attached hydrogen (secondary N) is 1. The third-order valence-corrected chi connectivity index (χ3v) is 9.55. The van der Waals surface area contributed by atoms with Gasteiger partial charge in [-0.15, -0.1) is 0 Å². The summed E-state index contributed by atoms with van der Waals surface area (Å²) in [6.07, 6.45) is 1.88. The Kier molecular flexibility index (Phi) is 5.67. The van der Waals surface area contributed by atoms with Crippen LogP contribution < -0.4 is 5.32 Å². The number of carboxylic acid groups (broad SMARTS) is 1. The quantitative estimate of drug-likeness (QED) is 0.598. The van der Waals surface area contributed by atoms with Crippen molar-refractivity contribution in [2.24, 2.45) is 5.92 Å². The number of hydrogen-bond donors (Lipinski definition) is 2. The van der Waals surface area contributed by atoms with Gasteiger partial charge in [-0.25, -0.2) is 4.79 Å². The molecule has 1 fully saturated rings. The van der Waals surface area contributed by atoms with Crippen LogP contribution >= 0.6 is 0 Å². The Bertz CT molecular complexity index is 401. The lowest BCUT2D eigenvalue weighted by Gasteiger charge is -2.43. The van der Waals surface area contributed by atoms with Crippen molar-refractivity contribution in [3.63, 3.8) is 0 Å². The first-order valence-corrected chi connectivity index (χ1v) is 10.7. The molecule has 0 heterocycles. The van der Waals surface area contributed by atoms with Gasteiger partial charge in [0.15, 0.2) is 8.32 Å². The summed E-state index contributed by atoms with van der Waals surface area (Å²) in [5, 5.41) is 11.8. The lowest BCUT2D eigenvalue weighted by atomic mass is 9.79. The number of carbonyl (C=O) groups is 1. The summed E-state index contributed by atoms with van der Waals surface area (Å²) in [7, 11) is -1.78. The molecule has 0 aromatic heterocycles. The van der Waals surface area contributed by atoms with Gasteiger partial charge in [-0.3, -0.25) is 0 Å². The summed E-state index contributed by atoms with van der Waals surface area (Å²) in [5.74, 6) is 0.171. The van der Waals surface area contributed by atoms with Gasteiger partial charge in [-0.2, -0.15) is 0 Å². The highest BCUT2D eigenvalue weighted by molar-refractivity contribution is 6.74. The van der Waals surface area contributed by atoms with E-state index in [1.807, 2.05) is 6.92 Å². The van der Waals surface area contributed by atoms with Crippen molar-refractivity contribution in [2.45, 2.75) is 77.2 Å². The smallest absolute Gasteiger partial charge is 0.404 e. The van der Waals surface area contributed by atoms with Crippen molar-refractivity contribution in [2.75, 3.05) is 0 Å². The molecule has 0 bridgehead atoms. The van der Waals surface area contributed by atoms with Gasteiger partial charge in [0.25, 0.3) is 0 Å². The molecule has 0 radical (unpaired) electrons. The topological polar surface area (TPSA) is 58.6 Å². The van der Waals surface area contributed by atoms with Crippen molar-refractivity contribution >= 4 is 14.4 Å². The van der Waals surface area contributed by atoms with Crippen molar-refractivity contribution in [3.8, 4) is 0 Å². The van der Waals surface area contributed by atoms with E-state index >= 15 is 0 Å². The van der Waals surface area contributed by atoms with E-state index in [0.717, 1.165) is 24.8 Å². The van der Waals surface area contributed by atoms with Gasteiger partial charge in [0.05, 0.1) is 0 Å². The molecule has 1 aliphatic carbocycles. The second-order valence-corrected chi connectivity index (χ2v) is 12.6. The van der Waals surface area contributed by atoms with E-state index in [4.69, 9.17) is 9.53 Å². The van der Waals surface area contributed by atoms with Crippen LogP contribution in [-0.2, 0) is 4.43 Å². The Balaban J connectivity index is 2.74. The summed E-state index contributed by atoms with van der Waals surface area (Å²) in [4.78, 5) is 10.9. The molecule has 1 saturated carbocycles. The van der Waals surface area contributed by atoms with Gasteiger partial charge in [-0.1, -0.05) is 32.9 Å². The zero-order valence-corrected chi connectivity index (χ0v) is 15.3. The first kappa shape index (κ1) is 18.2. The summed E-state index contributed by atoms with van der Waals surface area (Å²) < 4.78 is 6.50. The molecule has 3 atom stereocenters. The summed E-state index contributed by atoms with van der Waals surface area (Å²) >= 11 is 0. The van der Waals surface area contributed by atoms with Crippen LogP contribution in [0.1, 0.15) is 47.0 Å². The zero-order valence-electron chi connectivity index (χ0n) is 14.3. The average Bonchev–Trinajstić information content (AvgIpc) is 2.28. The Morgan fingerprint density at radius 2 is 1.90 bits per heavy atom. The van der Waals surface area contributed by atoms with Crippen LogP contribution in [0.3, 0.4) is 0 Å². The molecule has 21 heavy (non-hydrogen) atoms. The Labute approximate surface area is 130 Å². The van der Waals surface area contributed by atoms with Crippen LogP contribution in [0.4, 0.5) is 4.79 Å². The molecule has 2 N–H and O–H groups in total. The number of amides is 1. The molecule has 1 aliphatic rings. The molecule has 0 aromatic carbocycles. The first-order chi connectivity index (χ1) is 9.44. The van der Waals surface area contributed by atoms with E-state index < -0.39 is 14.4 Å². The fraction of sp³-hybridized carbons (Fsp3) is 0.812. The summed E-state index contributed by atoms with van der Waals surface area (Å²) in [6.45, 7) is 17.3. The van der Waals surface area contributed by atoms with Crippen molar-refractivity contribution in [1.29, 1.82) is 0 Å². The maximum absolute atomic E-state index is 10.9. The van der Waals surface area contributed by atoms with Crippen LogP contribution in [0.25, 0.3) is 0 Å². The molecule has 0 saturated heterocycles. The van der Waals surface area contributed by atoms with Crippen LogP contribution in [0.2, 0.25) is 18.1 Å². The van der Waals surface area contributed by atoms with Gasteiger partial charge in [0.1, 0.15) is 0 Å². The normalized spacial score (nSPS) is 27.2. The molecular weight excluding hydrogens is 282 g/mol. The summed E-state index contributed by atoms with van der Waals surface area (Å²) in [5.41, 5.74) is 1.04. The van der Waals surface area contributed by atoms with Crippen LogP contribution in [-0.4, -0.2) is 31.7 Å². The van der Waals surface area contributed by atoms with Crippen LogP contribution in [0.15, 0.2) is 12.2 Å². The van der Waals surface area contributed by atoms with Crippen molar-refractivity contribution < 1.29 is 14.3 Å². The third kappa shape index (κ3) is 4.85. The largest absolute Gasteiger partial charge is 0.465 e. The standard InChI is InChI=1S/C16H31NO3Si/c1-11(2)13-10-12(8-9-14(13)17-15(18)19)20-21(6,7)16(3,4)5/h12-14,17H,1,8-10H2,2-7H3,(H,18,19)/t12-,13?,14?/m1/s1. The fourth-order valence-electron chi connectivity index (χ4n) is 2.71. The molecule has 122 valence electrons. The van der Waals surface area contributed by atoms with Gasteiger partial charge in [0, 0.05) is 18.1 Å². The highest BCUT2D eigenvalue weighted by Crippen LogP contribution is 2.40. The maximum atomic E-state index is 10.9. The Morgan fingerprint density at radius 3 is 2.33 bits per heavy atom. The number of hydrogen-bond acceptors (Lipinski definition) is 2. The van der Waals surface area contributed by atoms with Gasteiger partial charge < -0.3 is 14.8 Å². The fourth-order valence-corrected chi connectivity index (χ4v) is 4.11. The van der Waals surface area contributed by atoms with Crippen molar-refractivity contribution in [1.82, 2.24) is 5.32 Å². The Morgan fingerprint density at radius 1 is 1.33 bits per heavy atom. The molecular formula is C16H31NO3Si. The first-order valence-electron chi connectivity index (χ1n) is 7.76. The monoisotopic (exact) mass is 313 g/mol. The highest BCUT2D eigenvalue weighted by Gasteiger charge is 2.41. The van der Waals surface area contributed by atoms with Gasteiger partial charge in [0.2, 0.25) is 0 Å². The molecule has 1 amide bonds. The van der Waals surface area contributed by atoms with Crippen LogP contribution in [0.5, 0.6) is 0 Å². The highest BCUT2D eigenvalue weighted by atomic mass is 28.4. The third-order valence-electron chi connectivity index (χ3n) is 5.01. The van der Waals surface area contributed by atoms with Gasteiger partial charge in [-0.05, 0) is 44.3 Å². The minimum Gasteiger partial charge on any atom is -0.465 e. The van der Waals surface area contributed by atoms with E-state index in [-0.39, 0.29) is 23.1 Å². The minimum absolute atomic E-state index is 0.0285. The average molecular weight is 314 g/mol. The predicted molar refractivity (Wildman–Crippen MR) is 89.2 cm³/mol. The number of rotatable bonds is 4. The van der Waals surface area contributed by atoms with E-state index in [1.54, 1.807) is 0 Å². The molecule has 5 heteroatoms. The Hall–Kier alpha value is -0.813. The minimum atomic E-state index is -1.78. The van der Waals surface area contributed by atoms with Crippen LogP contribution in [0, 0.1) is 5.92 Å². The van der Waals surface area contributed by atoms with Crippen molar-refractivity contribution in [3.05, 3.63) is 12.2 Å². The van der Waals surface area contributed by atoms with Gasteiger partial charge >= 0.3 is 6.09 Å². The van der Waals surface area contributed by atoms with E-state index in [9.17, 15) is 4.79 Å². The lowest BCUT2D eigenvalue weighted by molar-refractivity contribution is 0.0979. The molecule has 0 aromatic rings. The van der Waals surface area contributed by atoms with E-state index in [1.165, 1.54) is 0 Å². The molecule has 0 aliphatic heterocycles.